The summed E-state index contributed by atoms with van der Waals surface area (Å²) in [4.78, 5) is 4.58. The molecule has 2 aromatic carbocycles. The molecule has 0 bridgehead atoms. The van der Waals surface area contributed by atoms with Crippen molar-refractivity contribution in [2.45, 2.75) is 13.8 Å². The third kappa shape index (κ3) is 3.56. The Morgan fingerprint density at radius 2 is 1.86 bits per heavy atom. The minimum Gasteiger partial charge on any atom is -0.493 e. The van der Waals surface area contributed by atoms with Gasteiger partial charge in [-0.15, -0.1) is 0 Å². The van der Waals surface area contributed by atoms with Crippen molar-refractivity contribution in [3.8, 4) is 11.5 Å². The van der Waals surface area contributed by atoms with Gasteiger partial charge in [0, 0.05) is 6.21 Å². The number of benzene rings is 2. The van der Waals surface area contributed by atoms with Gasteiger partial charge in [0.05, 0.1) is 23.5 Å². The zero-order chi connectivity index (χ0) is 15.4. The first-order valence-electron chi connectivity index (χ1n) is 6.58. The van der Waals surface area contributed by atoms with E-state index in [-0.39, 0.29) is 0 Å². The van der Waals surface area contributed by atoms with E-state index >= 15 is 0 Å². The van der Waals surface area contributed by atoms with Crippen LogP contribution < -0.4 is 9.47 Å². The number of aliphatic imine (C=N–C) groups is 1. The average Bonchev–Trinajstić information content (AvgIpc) is 2.48. The monoisotopic (exact) mass is 395 g/mol. The van der Waals surface area contributed by atoms with E-state index in [2.05, 4.69) is 47.5 Å². The maximum absolute atomic E-state index is 5.36. The van der Waals surface area contributed by atoms with Crippen molar-refractivity contribution in [3.63, 3.8) is 0 Å². The highest BCUT2D eigenvalue weighted by Gasteiger charge is 2.09. The molecule has 2 aromatic rings. The molecule has 0 fully saturated rings. The summed E-state index contributed by atoms with van der Waals surface area (Å²) in [5.74, 6) is 1.47. The van der Waals surface area contributed by atoms with Gasteiger partial charge in [0.15, 0.2) is 11.5 Å². The first-order chi connectivity index (χ1) is 10.1. The first-order valence-corrected chi connectivity index (χ1v) is 7.66. The molecule has 0 amide bonds. The summed E-state index contributed by atoms with van der Waals surface area (Å²) in [7, 11) is 3.28. The molecule has 3 nitrogen and oxygen atoms in total. The van der Waals surface area contributed by atoms with Crippen molar-refractivity contribution >= 4 is 34.5 Å². The molecule has 0 radical (unpaired) electrons. The maximum atomic E-state index is 5.36. The largest absolute Gasteiger partial charge is 0.493 e. The van der Waals surface area contributed by atoms with E-state index in [0.29, 0.717) is 5.75 Å². The smallest absolute Gasteiger partial charge is 0.174 e. The highest BCUT2D eigenvalue weighted by atomic mass is 127. The molecule has 0 saturated carbocycles. The number of halogens is 1. The molecular weight excluding hydrogens is 377 g/mol. The Kier molecular flexibility index (Phi) is 5.22. The summed E-state index contributed by atoms with van der Waals surface area (Å²) in [5.41, 5.74) is 4.41. The summed E-state index contributed by atoms with van der Waals surface area (Å²) in [6.07, 6.45) is 1.85. The molecule has 0 aliphatic carbocycles. The minimum atomic E-state index is 0.715. The Labute approximate surface area is 139 Å². The van der Waals surface area contributed by atoms with Crippen LogP contribution in [0.15, 0.2) is 35.3 Å². The number of nitrogens with zero attached hydrogens (tertiary/aromatic N) is 1. The fourth-order valence-corrected chi connectivity index (χ4v) is 2.88. The van der Waals surface area contributed by atoms with E-state index in [1.165, 1.54) is 11.1 Å². The van der Waals surface area contributed by atoms with Gasteiger partial charge in [-0.1, -0.05) is 12.1 Å². The van der Waals surface area contributed by atoms with Crippen LogP contribution in [0, 0.1) is 17.4 Å². The van der Waals surface area contributed by atoms with Crippen molar-refractivity contribution in [2.24, 2.45) is 4.99 Å². The quantitative estimate of drug-likeness (QED) is 0.556. The van der Waals surface area contributed by atoms with Gasteiger partial charge in [-0.05, 0) is 71.3 Å². The van der Waals surface area contributed by atoms with E-state index in [0.717, 1.165) is 20.6 Å². The van der Waals surface area contributed by atoms with Crippen LogP contribution in [0.1, 0.15) is 16.7 Å². The third-order valence-corrected chi connectivity index (χ3v) is 4.19. The Balaban J connectivity index is 2.37. The van der Waals surface area contributed by atoms with Gasteiger partial charge in [0.2, 0.25) is 0 Å². The van der Waals surface area contributed by atoms with Gasteiger partial charge < -0.3 is 9.47 Å². The van der Waals surface area contributed by atoms with Gasteiger partial charge >= 0.3 is 0 Å². The molecule has 21 heavy (non-hydrogen) atoms. The summed E-state index contributed by atoms with van der Waals surface area (Å²) in [6, 6.07) is 10.1. The second-order valence-electron chi connectivity index (χ2n) is 4.72. The second kappa shape index (κ2) is 6.93. The molecule has 0 aliphatic rings. The van der Waals surface area contributed by atoms with Gasteiger partial charge in [-0.2, -0.15) is 0 Å². The summed E-state index contributed by atoms with van der Waals surface area (Å²) < 4.78 is 11.7. The highest BCUT2D eigenvalue weighted by molar-refractivity contribution is 14.1. The number of rotatable bonds is 4. The molecule has 110 valence electrons. The zero-order valence-corrected chi connectivity index (χ0v) is 14.8. The molecular formula is C17H18INO2. The average molecular weight is 395 g/mol. The van der Waals surface area contributed by atoms with E-state index in [1.54, 1.807) is 14.2 Å². The number of ether oxygens (including phenoxy) is 2. The van der Waals surface area contributed by atoms with Crippen molar-refractivity contribution in [1.29, 1.82) is 0 Å². The van der Waals surface area contributed by atoms with E-state index in [4.69, 9.17) is 9.47 Å². The Morgan fingerprint density at radius 1 is 1.10 bits per heavy atom. The molecule has 0 heterocycles. The fourth-order valence-electron chi connectivity index (χ4n) is 2.03. The van der Waals surface area contributed by atoms with Crippen LogP contribution >= 0.6 is 22.6 Å². The second-order valence-corrected chi connectivity index (χ2v) is 5.88. The Hall–Kier alpha value is -1.56. The summed E-state index contributed by atoms with van der Waals surface area (Å²) in [5, 5.41) is 0. The fraction of sp³-hybridized carbons (Fsp3) is 0.235. The third-order valence-electron chi connectivity index (χ3n) is 3.38. The van der Waals surface area contributed by atoms with Crippen molar-refractivity contribution < 1.29 is 9.47 Å². The van der Waals surface area contributed by atoms with E-state index < -0.39 is 0 Å². The van der Waals surface area contributed by atoms with Crippen LogP contribution in [0.4, 0.5) is 5.69 Å². The maximum Gasteiger partial charge on any atom is 0.174 e. The SMILES string of the molecule is COc1cc(C=Nc2cccc(C)c2C)cc(I)c1OC. The molecule has 0 atom stereocenters. The van der Waals surface area contributed by atoms with Crippen molar-refractivity contribution in [1.82, 2.24) is 0 Å². The molecule has 0 saturated heterocycles. The lowest BCUT2D eigenvalue weighted by Gasteiger charge is -2.10. The van der Waals surface area contributed by atoms with Crippen LogP contribution in [-0.4, -0.2) is 20.4 Å². The van der Waals surface area contributed by atoms with Crippen molar-refractivity contribution in [2.75, 3.05) is 14.2 Å². The van der Waals surface area contributed by atoms with Crippen LogP contribution in [0.25, 0.3) is 0 Å². The lowest BCUT2D eigenvalue weighted by Crippen LogP contribution is -1.95. The molecule has 2 rings (SSSR count). The van der Waals surface area contributed by atoms with Gasteiger partial charge in [0.1, 0.15) is 0 Å². The van der Waals surface area contributed by atoms with Gasteiger partial charge in [-0.25, -0.2) is 0 Å². The number of methoxy groups -OCH3 is 2. The predicted octanol–water partition coefficient (Wildman–Crippen LogP) is 4.68. The lowest BCUT2D eigenvalue weighted by atomic mass is 10.1. The van der Waals surface area contributed by atoms with Crippen molar-refractivity contribution in [3.05, 3.63) is 50.6 Å². The van der Waals surface area contributed by atoms with Crippen LogP contribution in [0.2, 0.25) is 0 Å². The molecule has 4 heteroatoms. The van der Waals surface area contributed by atoms with E-state index in [1.807, 2.05) is 30.5 Å². The number of hydrogen-bond acceptors (Lipinski definition) is 3. The molecule has 0 aromatic heterocycles. The normalized spacial score (nSPS) is 10.9. The highest BCUT2D eigenvalue weighted by Crippen LogP contribution is 2.33. The van der Waals surface area contributed by atoms with Gasteiger partial charge in [0.25, 0.3) is 0 Å². The van der Waals surface area contributed by atoms with E-state index in [9.17, 15) is 0 Å². The Morgan fingerprint density at radius 3 is 2.52 bits per heavy atom. The molecule has 0 unspecified atom stereocenters. The topological polar surface area (TPSA) is 30.8 Å². The molecule has 0 spiro atoms. The zero-order valence-electron chi connectivity index (χ0n) is 12.6. The van der Waals surface area contributed by atoms with Crippen LogP contribution in [0.5, 0.6) is 11.5 Å². The number of hydrogen-bond donors (Lipinski definition) is 0. The summed E-state index contributed by atoms with van der Waals surface area (Å²) in [6.45, 7) is 4.17. The minimum absolute atomic E-state index is 0.715. The first kappa shape index (κ1) is 15.8. The molecule has 0 N–H and O–H groups in total. The molecule has 0 aliphatic heterocycles. The predicted molar refractivity (Wildman–Crippen MR) is 95.4 cm³/mol. The van der Waals surface area contributed by atoms with Crippen LogP contribution in [0.3, 0.4) is 0 Å². The van der Waals surface area contributed by atoms with Crippen LogP contribution in [-0.2, 0) is 0 Å². The Bertz CT molecular complexity index is 681. The standard InChI is InChI=1S/C17H18INO2/c1-11-6-5-7-15(12(11)2)19-10-13-8-14(18)17(21-4)16(9-13)20-3/h5-10H,1-4H3. The number of aryl methyl sites for hydroxylation is 1. The lowest BCUT2D eigenvalue weighted by molar-refractivity contribution is 0.353. The van der Waals surface area contributed by atoms with Gasteiger partial charge in [-0.3, -0.25) is 4.99 Å². The summed E-state index contributed by atoms with van der Waals surface area (Å²) >= 11 is 2.23.